The highest BCUT2D eigenvalue weighted by Crippen LogP contribution is 2.15. The molecule has 1 amide bonds. The Bertz CT molecular complexity index is 838. The SMILES string of the molecule is Cc1cc(C)n(-c2ccc(C(=O)NC(C)c3ccncc3)cc2)n1. The molecule has 0 aliphatic rings. The van der Waals surface area contributed by atoms with E-state index in [2.05, 4.69) is 15.4 Å². The normalized spacial score (nSPS) is 12.0. The molecule has 0 aliphatic heterocycles. The van der Waals surface area contributed by atoms with Crippen molar-refractivity contribution in [3.8, 4) is 5.69 Å². The number of aryl methyl sites for hydroxylation is 2. The van der Waals surface area contributed by atoms with E-state index in [1.54, 1.807) is 12.4 Å². The van der Waals surface area contributed by atoms with Crippen molar-refractivity contribution in [1.82, 2.24) is 20.1 Å². The van der Waals surface area contributed by atoms with Crippen LogP contribution < -0.4 is 5.32 Å². The third kappa shape index (κ3) is 3.35. The zero-order valence-electron chi connectivity index (χ0n) is 14.0. The number of aromatic nitrogens is 3. The monoisotopic (exact) mass is 320 g/mol. The molecule has 122 valence electrons. The van der Waals surface area contributed by atoms with Crippen LogP contribution in [0.3, 0.4) is 0 Å². The maximum Gasteiger partial charge on any atom is 0.251 e. The summed E-state index contributed by atoms with van der Waals surface area (Å²) in [5, 5.41) is 7.45. The lowest BCUT2D eigenvalue weighted by Gasteiger charge is -2.14. The Balaban J connectivity index is 1.73. The third-order valence-electron chi connectivity index (χ3n) is 3.94. The van der Waals surface area contributed by atoms with E-state index < -0.39 is 0 Å². The summed E-state index contributed by atoms with van der Waals surface area (Å²) in [5.74, 6) is -0.0979. The summed E-state index contributed by atoms with van der Waals surface area (Å²) < 4.78 is 1.87. The van der Waals surface area contributed by atoms with E-state index >= 15 is 0 Å². The van der Waals surface area contributed by atoms with Gasteiger partial charge in [0, 0.05) is 23.7 Å². The standard InChI is InChI=1S/C19H20N4O/c1-13-12-14(2)23(22-13)18-6-4-17(5-7-18)19(24)21-15(3)16-8-10-20-11-9-16/h4-12,15H,1-3H3,(H,21,24). The lowest BCUT2D eigenvalue weighted by molar-refractivity contribution is 0.0940. The van der Waals surface area contributed by atoms with E-state index in [1.807, 2.05) is 67.9 Å². The van der Waals surface area contributed by atoms with Crippen LogP contribution in [0, 0.1) is 13.8 Å². The molecule has 0 saturated carbocycles. The molecule has 0 saturated heterocycles. The van der Waals surface area contributed by atoms with Crippen LogP contribution in [0.5, 0.6) is 0 Å². The lowest BCUT2D eigenvalue weighted by atomic mass is 10.1. The second-order valence-electron chi connectivity index (χ2n) is 5.86. The van der Waals surface area contributed by atoms with Crippen LogP contribution in [-0.2, 0) is 0 Å². The topological polar surface area (TPSA) is 59.8 Å². The van der Waals surface area contributed by atoms with Crippen molar-refractivity contribution in [2.24, 2.45) is 0 Å². The van der Waals surface area contributed by atoms with Gasteiger partial charge in [-0.15, -0.1) is 0 Å². The van der Waals surface area contributed by atoms with Crippen molar-refractivity contribution in [3.05, 3.63) is 77.4 Å². The van der Waals surface area contributed by atoms with Crippen LogP contribution in [-0.4, -0.2) is 20.7 Å². The number of pyridine rings is 1. The Morgan fingerprint density at radius 2 is 1.75 bits per heavy atom. The van der Waals surface area contributed by atoms with Crippen LogP contribution in [0.2, 0.25) is 0 Å². The Morgan fingerprint density at radius 1 is 1.08 bits per heavy atom. The van der Waals surface area contributed by atoms with Crippen LogP contribution in [0.25, 0.3) is 5.69 Å². The Labute approximate surface area is 141 Å². The zero-order chi connectivity index (χ0) is 17.1. The fourth-order valence-electron chi connectivity index (χ4n) is 2.66. The number of carbonyl (C=O) groups excluding carboxylic acids is 1. The Morgan fingerprint density at radius 3 is 2.33 bits per heavy atom. The van der Waals surface area contributed by atoms with Crippen LogP contribution in [0.4, 0.5) is 0 Å². The number of rotatable bonds is 4. The maximum atomic E-state index is 12.4. The highest BCUT2D eigenvalue weighted by Gasteiger charge is 2.12. The minimum Gasteiger partial charge on any atom is -0.346 e. The van der Waals surface area contributed by atoms with Crippen molar-refractivity contribution in [2.75, 3.05) is 0 Å². The van der Waals surface area contributed by atoms with Gasteiger partial charge in [-0.25, -0.2) is 4.68 Å². The van der Waals surface area contributed by atoms with Gasteiger partial charge >= 0.3 is 0 Å². The van der Waals surface area contributed by atoms with E-state index in [0.29, 0.717) is 5.56 Å². The molecule has 0 aliphatic carbocycles. The quantitative estimate of drug-likeness (QED) is 0.802. The molecule has 0 fully saturated rings. The van der Waals surface area contributed by atoms with Gasteiger partial charge < -0.3 is 5.32 Å². The molecule has 0 spiro atoms. The van der Waals surface area contributed by atoms with Gasteiger partial charge in [-0.1, -0.05) is 0 Å². The molecule has 2 heterocycles. The average Bonchev–Trinajstić information content (AvgIpc) is 2.94. The van der Waals surface area contributed by atoms with Gasteiger partial charge in [0.05, 0.1) is 17.4 Å². The summed E-state index contributed by atoms with van der Waals surface area (Å²) in [6, 6.07) is 13.2. The molecule has 5 heteroatoms. The highest BCUT2D eigenvalue weighted by molar-refractivity contribution is 5.94. The first-order chi connectivity index (χ1) is 11.5. The summed E-state index contributed by atoms with van der Waals surface area (Å²) in [5.41, 5.74) is 4.63. The van der Waals surface area contributed by atoms with Gasteiger partial charge in [0.2, 0.25) is 0 Å². The zero-order valence-corrected chi connectivity index (χ0v) is 14.0. The minimum absolute atomic E-state index is 0.0730. The molecule has 0 bridgehead atoms. The summed E-state index contributed by atoms with van der Waals surface area (Å²) >= 11 is 0. The molecule has 1 aromatic carbocycles. The molecule has 5 nitrogen and oxygen atoms in total. The first-order valence-electron chi connectivity index (χ1n) is 7.89. The highest BCUT2D eigenvalue weighted by atomic mass is 16.1. The van der Waals surface area contributed by atoms with Gasteiger partial charge in [-0.3, -0.25) is 9.78 Å². The molecular formula is C19H20N4O. The second-order valence-corrected chi connectivity index (χ2v) is 5.86. The summed E-state index contributed by atoms with van der Waals surface area (Å²) in [6.45, 7) is 5.93. The fourth-order valence-corrected chi connectivity index (χ4v) is 2.66. The molecule has 24 heavy (non-hydrogen) atoms. The molecular weight excluding hydrogens is 300 g/mol. The molecule has 3 aromatic rings. The van der Waals surface area contributed by atoms with Crippen molar-refractivity contribution < 1.29 is 4.79 Å². The number of amides is 1. The fraction of sp³-hybridized carbons (Fsp3) is 0.211. The minimum atomic E-state index is -0.0979. The van der Waals surface area contributed by atoms with Crippen LogP contribution in [0.1, 0.15) is 40.3 Å². The number of benzene rings is 1. The number of hydrogen-bond acceptors (Lipinski definition) is 3. The average molecular weight is 320 g/mol. The van der Waals surface area contributed by atoms with Crippen molar-refractivity contribution in [1.29, 1.82) is 0 Å². The summed E-state index contributed by atoms with van der Waals surface area (Å²) in [7, 11) is 0. The maximum absolute atomic E-state index is 12.4. The van der Waals surface area contributed by atoms with Gasteiger partial charge in [0.25, 0.3) is 5.91 Å². The van der Waals surface area contributed by atoms with E-state index in [4.69, 9.17) is 0 Å². The Hall–Kier alpha value is -2.95. The Kier molecular flexibility index (Phi) is 4.42. The van der Waals surface area contributed by atoms with E-state index in [0.717, 1.165) is 22.6 Å². The lowest BCUT2D eigenvalue weighted by Crippen LogP contribution is -2.26. The summed E-state index contributed by atoms with van der Waals surface area (Å²) in [4.78, 5) is 16.4. The second kappa shape index (κ2) is 6.66. The number of carbonyl (C=O) groups is 1. The third-order valence-corrected chi connectivity index (χ3v) is 3.94. The van der Waals surface area contributed by atoms with Crippen LogP contribution in [0.15, 0.2) is 54.9 Å². The predicted molar refractivity (Wildman–Crippen MR) is 93.2 cm³/mol. The van der Waals surface area contributed by atoms with Crippen LogP contribution >= 0.6 is 0 Å². The van der Waals surface area contributed by atoms with Gasteiger partial charge in [-0.05, 0) is 68.8 Å². The molecule has 1 N–H and O–H groups in total. The van der Waals surface area contributed by atoms with E-state index in [1.165, 1.54) is 0 Å². The first-order valence-corrected chi connectivity index (χ1v) is 7.89. The van der Waals surface area contributed by atoms with Crippen molar-refractivity contribution in [3.63, 3.8) is 0 Å². The van der Waals surface area contributed by atoms with E-state index in [-0.39, 0.29) is 11.9 Å². The molecule has 1 unspecified atom stereocenters. The smallest absolute Gasteiger partial charge is 0.251 e. The largest absolute Gasteiger partial charge is 0.346 e. The predicted octanol–water partition coefficient (Wildman–Crippen LogP) is 3.38. The van der Waals surface area contributed by atoms with Gasteiger partial charge in [-0.2, -0.15) is 5.10 Å². The summed E-state index contributed by atoms with van der Waals surface area (Å²) in [6.07, 6.45) is 3.45. The van der Waals surface area contributed by atoms with Gasteiger partial charge in [0.1, 0.15) is 0 Å². The van der Waals surface area contributed by atoms with Crippen molar-refractivity contribution in [2.45, 2.75) is 26.8 Å². The number of nitrogens with one attached hydrogen (secondary N) is 1. The first kappa shape index (κ1) is 15.9. The molecule has 3 rings (SSSR count). The molecule has 1 atom stereocenters. The van der Waals surface area contributed by atoms with E-state index in [9.17, 15) is 4.79 Å². The van der Waals surface area contributed by atoms with Crippen molar-refractivity contribution >= 4 is 5.91 Å². The molecule has 0 radical (unpaired) electrons. The number of nitrogens with zero attached hydrogens (tertiary/aromatic N) is 3. The number of hydrogen-bond donors (Lipinski definition) is 1. The molecule has 2 aromatic heterocycles. The van der Waals surface area contributed by atoms with Gasteiger partial charge in [0.15, 0.2) is 0 Å².